The number of benzene rings is 8. The molecular weight excluding hydrogens is 615 g/mol. The second-order valence-electron chi connectivity index (χ2n) is 13.0. The molecule has 8 aromatic carbocycles. The third-order valence-corrected chi connectivity index (χ3v) is 9.68. The molecule has 0 bridgehead atoms. The van der Waals surface area contributed by atoms with E-state index in [2.05, 4.69) is 218 Å². The van der Waals surface area contributed by atoms with Crippen molar-refractivity contribution in [1.82, 2.24) is 0 Å². The summed E-state index contributed by atoms with van der Waals surface area (Å²) in [6, 6.07) is 74.3. The SMILES string of the molecule is Cc1ccccc1-c1cc(-c2cccc(-c3ccccc3N(c3ccccc3)c3ccc(-c4ccccc4)cc3)c2)ccc1Cc1ccccc1. The van der Waals surface area contributed by atoms with Crippen LogP contribution in [0.1, 0.15) is 16.7 Å². The molecule has 0 fully saturated rings. The first-order valence-corrected chi connectivity index (χ1v) is 17.6. The molecule has 0 aliphatic carbocycles. The maximum Gasteiger partial charge on any atom is 0.0540 e. The predicted molar refractivity (Wildman–Crippen MR) is 217 cm³/mol. The van der Waals surface area contributed by atoms with Crippen LogP contribution in [0.5, 0.6) is 0 Å². The minimum atomic E-state index is 0.889. The minimum absolute atomic E-state index is 0.889. The lowest BCUT2D eigenvalue weighted by atomic mass is 9.89. The summed E-state index contributed by atoms with van der Waals surface area (Å²) < 4.78 is 0. The van der Waals surface area contributed by atoms with E-state index in [-0.39, 0.29) is 0 Å². The molecule has 0 atom stereocenters. The van der Waals surface area contributed by atoms with Gasteiger partial charge in [-0.2, -0.15) is 0 Å². The zero-order chi connectivity index (χ0) is 34.4. The summed E-state index contributed by atoms with van der Waals surface area (Å²) >= 11 is 0. The molecule has 0 N–H and O–H groups in total. The van der Waals surface area contributed by atoms with Gasteiger partial charge in [-0.1, -0.05) is 164 Å². The Balaban J connectivity index is 1.20. The van der Waals surface area contributed by atoms with E-state index in [4.69, 9.17) is 0 Å². The van der Waals surface area contributed by atoms with Gasteiger partial charge in [0.25, 0.3) is 0 Å². The molecule has 0 aliphatic heterocycles. The third kappa shape index (κ3) is 6.88. The molecule has 0 aromatic heterocycles. The molecule has 0 spiro atoms. The van der Waals surface area contributed by atoms with Crippen LogP contribution < -0.4 is 4.90 Å². The third-order valence-electron chi connectivity index (χ3n) is 9.68. The average molecular weight is 654 g/mol. The molecule has 0 saturated heterocycles. The van der Waals surface area contributed by atoms with Crippen LogP contribution in [0.2, 0.25) is 0 Å². The van der Waals surface area contributed by atoms with Gasteiger partial charge in [-0.25, -0.2) is 0 Å². The number of para-hydroxylation sites is 2. The quantitative estimate of drug-likeness (QED) is 0.150. The summed E-state index contributed by atoms with van der Waals surface area (Å²) in [5, 5.41) is 0. The van der Waals surface area contributed by atoms with E-state index in [1.54, 1.807) is 0 Å². The van der Waals surface area contributed by atoms with Gasteiger partial charge in [0.05, 0.1) is 5.69 Å². The van der Waals surface area contributed by atoms with Crippen molar-refractivity contribution in [2.45, 2.75) is 13.3 Å². The van der Waals surface area contributed by atoms with Crippen LogP contribution in [0.3, 0.4) is 0 Å². The Bertz CT molecular complexity index is 2380. The van der Waals surface area contributed by atoms with Crippen molar-refractivity contribution in [3.8, 4) is 44.5 Å². The van der Waals surface area contributed by atoms with E-state index in [0.717, 1.165) is 23.5 Å². The Morgan fingerprint density at radius 3 is 1.63 bits per heavy atom. The van der Waals surface area contributed by atoms with E-state index in [0.29, 0.717) is 0 Å². The summed E-state index contributed by atoms with van der Waals surface area (Å²) in [6.45, 7) is 2.21. The number of rotatable bonds is 9. The number of hydrogen-bond acceptors (Lipinski definition) is 1. The normalized spacial score (nSPS) is 10.9. The van der Waals surface area contributed by atoms with Crippen molar-refractivity contribution in [3.05, 3.63) is 223 Å². The second kappa shape index (κ2) is 14.6. The standard InChI is InChI=1S/C50H39N/c1-37-16-11-12-25-47(37)49-36-42(28-29-44(49)34-38-17-5-2-6-18-38)41-21-15-22-43(35-41)48-26-13-14-27-50(48)51(45-23-9-4-10-24-45)46-32-30-40(31-33-46)39-19-7-3-8-20-39/h2-33,35-36H,34H2,1H3. The first kappa shape index (κ1) is 31.8. The van der Waals surface area contributed by atoms with Crippen molar-refractivity contribution >= 4 is 17.1 Å². The molecule has 0 aliphatic rings. The van der Waals surface area contributed by atoms with Crippen LogP contribution in [-0.2, 0) is 6.42 Å². The molecule has 0 radical (unpaired) electrons. The van der Waals surface area contributed by atoms with Gasteiger partial charge in [0.1, 0.15) is 0 Å². The highest BCUT2D eigenvalue weighted by atomic mass is 15.1. The Morgan fingerprint density at radius 1 is 0.353 bits per heavy atom. The van der Waals surface area contributed by atoms with Gasteiger partial charge < -0.3 is 4.90 Å². The fourth-order valence-electron chi connectivity index (χ4n) is 7.07. The lowest BCUT2D eigenvalue weighted by Gasteiger charge is -2.28. The number of anilines is 3. The average Bonchev–Trinajstić information content (AvgIpc) is 3.20. The maximum absolute atomic E-state index is 2.39. The fraction of sp³-hybridized carbons (Fsp3) is 0.0400. The molecule has 0 unspecified atom stereocenters. The zero-order valence-electron chi connectivity index (χ0n) is 28.8. The van der Waals surface area contributed by atoms with Crippen LogP contribution in [-0.4, -0.2) is 0 Å². The molecule has 8 aromatic rings. The van der Waals surface area contributed by atoms with Crippen LogP contribution in [0.4, 0.5) is 17.1 Å². The monoisotopic (exact) mass is 653 g/mol. The number of aryl methyl sites for hydroxylation is 1. The summed E-state index contributed by atoms with van der Waals surface area (Å²) in [5.74, 6) is 0. The van der Waals surface area contributed by atoms with E-state index in [9.17, 15) is 0 Å². The summed E-state index contributed by atoms with van der Waals surface area (Å²) in [6.07, 6.45) is 0.889. The summed E-state index contributed by atoms with van der Waals surface area (Å²) in [5.41, 5.74) is 17.0. The van der Waals surface area contributed by atoms with Crippen LogP contribution in [0.15, 0.2) is 206 Å². The highest BCUT2D eigenvalue weighted by molar-refractivity contribution is 5.90. The molecule has 1 heteroatoms. The lowest BCUT2D eigenvalue weighted by molar-refractivity contribution is 1.19. The first-order chi connectivity index (χ1) is 25.2. The van der Waals surface area contributed by atoms with Crippen LogP contribution >= 0.6 is 0 Å². The van der Waals surface area contributed by atoms with E-state index in [1.807, 2.05) is 0 Å². The molecule has 0 heterocycles. The molecule has 8 rings (SSSR count). The highest BCUT2D eigenvalue weighted by Gasteiger charge is 2.18. The largest absolute Gasteiger partial charge is 0.310 e. The van der Waals surface area contributed by atoms with Crippen molar-refractivity contribution < 1.29 is 0 Å². The van der Waals surface area contributed by atoms with E-state index >= 15 is 0 Å². The number of hydrogen-bond donors (Lipinski definition) is 0. The molecular formula is C50H39N. The second-order valence-corrected chi connectivity index (χ2v) is 13.0. The highest BCUT2D eigenvalue weighted by Crippen LogP contribution is 2.42. The van der Waals surface area contributed by atoms with Gasteiger partial charge in [-0.3, -0.25) is 0 Å². The fourth-order valence-corrected chi connectivity index (χ4v) is 7.07. The van der Waals surface area contributed by atoms with Crippen LogP contribution in [0, 0.1) is 6.92 Å². The molecule has 244 valence electrons. The van der Waals surface area contributed by atoms with E-state index < -0.39 is 0 Å². The molecule has 51 heavy (non-hydrogen) atoms. The molecule has 0 amide bonds. The minimum Gasteiger partial charge on any atom is -0.310 e. The first-order valence-electron chi connectivity index (χ1n) is 17.6. The Hall–Kier alpha value is -6.44. The van der Waals surface area contributed by atoms with Gasteiger partial charge >= 0.3 is 0 Å². The van der Waals surface area contributed by atoms with Crippen molar-refractivity contribution in [2.75, 3.05) is 4.90 Å². The Labute approximate surface area is 301 Å². The van der Waals surface area contributed by atoms with Crippen molar-refractivity contribution in [2.24, 2.45) is 0 Å². The van der Waals surface area contributed by atoms with Gasteiger partial charge in [0.2, 0.25) is 0 Å². The zero-order valence-corrected chi connectivity index (χ0v) is 28.8. The van der Waals surface area contributed by atoms with Gasteiger partial charge in [-0.05, 0) is 111 Å². The van der Waals surface area contributed by atoms with Gasteiger partial charge in [-0.15, -0.1) is 0 Å². The van der Waals surface area contributed by atoms with Gasteiger partial charge in [0.15, 0.2) is 0 Å². The lowest BCUT2D eigenvalue weighted by Crippen LogP contribution is -2.11. The number of nitrogens with zero attached hydrogens (tertiary/aromatic N) is 1. The smallest absolute Gasteiger partial charge is 0.0540 e. The topological polar surface area (TPSA) is 3.24 Å². The Kier molecular flexibility index (Phi) is 9.09. The van der Waals surface area contributed by atoms with Gasteiger partial charge in [0, 0.05) is 16.9 Å². The van der Waals surface area contributed by atoms with Crippen molar-refractivity contribution in [3.63, 3.8) is 0 Å². The molecule has 1 nitrogen and oxygen atoms in total. The summed E-state index contributed by atoms with van der Waals surface area (Å²) in [4.78, 5) is 2.37. The van der Waals surface area contributed by atoms with Crippen molar-refractivity contribution in [1.29, 1.82) is 0 Å². The molecule has 0 saturated carbocycles. The van der Waals surface area contributed by atoms with Crippen LogP contribution in [0.25, 0.3) is 44.5 Å². The summed E-state index contributed by atoms with van der Waals surface area (Å²) in [7, 11) is 0. The Morgan fingerprint density at radius 2 is 0.882 bits per heavy atom. The van der Waals surface area contributed by atoms with E-state index in [1.165, 1.54) is 61.2 Å². The predicted octanol–water partition coefficient (Wildman–Crippen LogP) is 13.7. The maximum atomic E-state index is 2.39.